The van der Waals surface area contributed by atoms with E-state index in [1.165, 1.54) is 5.56 Å². The third-order valence-electron chi connectivity index (χ3n) is 8.50. The number of nitrogens with zero attached hydrogens (tertiary/aromatic N) is 7. The van der Waals surface area contributed by atoms with Gasteiger partial charge in [-0.1, -0.05) is 31.8 Å². The first kappa shape index (κ1) is 33.4. The van der Waals surface area contributed by atoms with Crippen molar-refractivity contribution in [3.8, 4) is 23.0 Å². The fourth-order valence-corrected chi connectivity index (χ4v) is 6.23. The number of fused-ring (bicyclic) bond motifs is 1. The number of amides is 1. The lowest BCUT2D eigenvalue weighted by molar-refractivity contribution is 0.0895. The van der Waals surface area contributed by atoms with E-state index in [1.54, 1.807) is 43.0 Å². The van der Waals surface area contributed by atoms with Crippen LogP contribution in [0, 0.1) is 6.92 Å². The first-order valence-electron chi connectivity index (χ1n) is 16.4. The molecule has 5 aromatic rings. The van der Waals surface area contributed by atoms with Crippen LogP contribution in [0.2, 0.25) is 25.7 Å². The third-order valence-corrected chi connectivity index (χ3v) is 10.2. The number of aromatic nitrogens is 5. The molecule has 1 fully saturated rings. The molecule has 1 saturated heterocycles. The summed E-state index contributed by atoms with van der Waals surface area (Å²) >= 11 is 0. The highest BCUT2D eigenvalue weighted by Crippen LogP contribution is 2.30. The second-order valence-electron chi connectivity index (χ2n) is 13.6. The molecule has 3 aromatic heterocycles. The van der Waals surface area contributed by atoms with Crippen LogP contribution in [0.1, 0.15) is 21.5 Å². The molecule has 0 radical (unpaired) electrons. The van der Waals surface area contributed by atoms with Gasteiger partial charge in [0.15, 0.2) is 17.0 Å². The molecular formula is C36H44N8O3Si. The van der Waals surface area contributed by atoms with E-state index >= 15 is 0 Å². The molecule has 4 heterocycles. The molecule has 250 valence electrons. The highest BCUT2D eigenvalue weighted by molar-refractivity contribution is 6.76. The minimum absolute atomic E-state index is 0.225. The Balaban J connectivity index is 1.19. The predicted octanol–water partition coefficient (Wildman–Crippen LogP) is 6.30. The topological polar surface area (TPSA) is 111 Å². The molecule has 12 heteroatoms. The fraction of sp³-hybridized carbons (Fsp3) is 0.361. The summed E-state index contributed by atoms with van der Waals surface area (Å²) in [7, 11) is 0.945. The van der Waals surface area contributed by atoms with E-state index in [1.807, 2.05) is 28.8 Å². The molecule has 48 heavy (non-hydrogen) atoms. The van der Waals surface area contributed by atoms with Crippen LogP contribution in [0.3, 0.4) is 0 Å². The number of imidazole rings is 1. The zero-order valence-electron chi connectivity index (χ0n) is 28.4. The molecule has 0 saturated carbocycles. The standard InChI is InChI=1S/C36H44N8O3Si/c1-26-21-30(10-9-29(26)23-43-17-15-42(2)16-18-43)39-35(45)28-7-6-8-31(22-28)47-36-32-34(40-33(41-36)27-11-13-37-14-12-27)44(24-38-32)25-46-19-20-48(3,4)5/h6-14,21-22,24H,15-20,23,25H2,1-5H3,(H,39,45). The van der Waals surface area contributed by atoms with Crippen LogP contribution < -0.4 is 10.1 Å². The molecule has 11 nitrogen and oxygen atoms in total. The van der Waals surface area contributed by atoms with Crippen molar-refractivity contribution in [1.82, 2.24) is 34.3 Å². The number of piperazine rings is 1. The molecule has 6 rings (SSSR count). The summed E-state index contributed by atoms with van der Waals surface area (Å²) in [5.74, 6) is 1.00. The van der Waals surface area contributed by atoms with Crippen molar-refractivity contribution < 1.29 is 14.3 Å². The van der Waals surface area contributed by atoms with Gasteiger partial charge in [0.05, 0.1) is 6.33 Å². The Kier molecular flexibility index (Phi) is 10.3. The number of aryl methyl sites for hydroxylation is 1. The lowest BCUT2D eigenvalue weighted by atomic mass is 10.1. The Morgan fingerprint density at radius 3 is 2.52 bits per heavy atom. The van der Waals surface area contributed by atoms with Crippen LogP contribution >= 0.6 is 0 Å². The maximum Gasteiger partial charge on any atom is 0.255 e. The van der Waals surface area contributed by atoms with Crippen molar-refractivity contribution in [2.24, 2.45) is 0 Å². The lowest BCUT2D eigenvalue weighted by Gasteiger charge is -2.32. The summed E-state index contributed by atoms with van der Waals surface area (Å²) in [5, 5.41) is 3.05. The van der Waals surface area contributed by atoms with Crippen LogP contribution in [0.4, 0.5) is 5.69 Å². The zero-order chi connectivity index (χ0) is 33.7. The Morgan fingerprint density at radius 2 is 1.77 bits per heavy atom. The van der Waals surface area contributed by atoms with Crippen LogP contribution in [-0.2, 0) is 18.0 Å². The molecule has 1 aliphatic heterocycles. The van der Waals surface area contributed by atoms with Gasteiger partial charge in [-0.2, -0.15) is 4.98 Å². The first-order valence-corrected chi connectivity index (χ1v) is 20.1. The minimum atomic E-state index is -1.22. The molecule has 0 atom stereocenters. The molecule has 2 aromatic carbocycles. The van der Waals surface area contributed by atoms with Crippen LogP contribution in [-0.4, -0.2) is 88.1 Å². The van der Waals surface area contributed by atoms with E-state index < -0.39 is 8.07 Å². The van der Waals surface area contributed by atoms with Gasteiger partial charge >= 0.3 is 0 Å². The summed E-state index contributed by atoms with van der Waals surface area (Å²) in [4.78, 5) is 36.5. The quantitative estimate of drug-likeness (QED) is 0.121. The monoisotopic (exact) mass is 664 g/mol. The highest BCUT2D eigenvalue weighted by Gasteiger charge is 2.19. The number of rotatable bonds is 12. The summed E-state index contributed by atoms with van der Waals surface area (Å²) in [6, 6.07) is 17.9. The number of carbonyl (C=O) groups excluding carboxylic acids is 1. The van der Waals surface area contributed by atoms with Crippen molar-refractivity contribution >= 4 is 30.8 Å². The molecule has 0 bridgehead atoms. The van der Waals surface area contributed by atoms with Gasteiger partial charge in [0, 0.05) is 76.6 Å². The molecule has 1 aliphatic rings. The number of hydrogen-bond donors (Lipinski definition) is 1. The van der Waals surface area contributed by atoms with Gasteiger partial charge in [-0.05, 0) is 73.6 Å². The van der Waals surface area contributed by atoms with E-state index in [0.717, 1.165) is 55.6 Å². The number of ether oxygens (including phenoxy) is 2. The van der Waals surface area contributed by atoms with Crippen molar-refractivity contribution in [3.05, 3.63) is 90.0 Å². The number of hydrogen-bond acceptors (Lipinski definition) is 9. The molecule has 0 unspecified atom stereocenters. The van der Waals surface area contributed by atoms with E-state index in [-0.39, 0.29) is 11.8 Å². The maximum atomic E-state index is 13.4. The van der Waals surface area contributed by atoms with Crippen LogP contribution in [0.5, 0.6) is 11.6 Å². The molecule has 1 amide bonds. The second-order valence-corrected chi connectivity index (χ2v) is 19.2. The summed E-state index contributed by atoms with van der Waals surface area (Å²) in [6.07, 6.45) is 5.09. The van der Waals surface area contributed by atoms with Gasteiger partial charge in [-0.25, -0.2) is 9.97 Å². The molecular weight excluding hydrogens is 621 g/mol. The first-order chi connectivity index (χ1) is 23.1. The largest absolute Gasteiger partial charge is 0.437 e. The molecule has 1 N–H and O–H groups in total. The van der Waals surface area contributed by atoms with Gasteiger partial charge in [0.1, 0.15) is 12.5 Å². The van der Waals surface area contributed by atoms with Gasteiger partial charge < -0.3 is 19.7 Å². The normalized spacial score (nSPS) is 14.4. The number of anilines is 1. The zero-order valence-corrected chi connectivity index (χ0v) is 29.4. The Bertz CT molecular complexity index is 1870. The Hall–Kier alpha value is -4.49. The third kappa shape index (κ3) is 8.50. The average Bonchev–Trinajstić information content (AvgIpc) is 3.48. The van der Waals surface area contributed by atoms with Gasteiger partial charge in [-0.15, -0.1) is 0 Å². The van der Waals surface area contributed by atoms with Gasteiger partial charge in [0.25, 0.3) is 11.8 Å². The summed E-state index contributed by atoms with van der Waals surface area (Å²) in [5.41, 5.74) is 5.54. The SMILES string of the molecule is Cc1cc(NC(=O)c2cccc(Oc3nc(-c4ccncc4)nc4c3ncn4COCC[Si](C)(C)C)c2)ccc1CN1CCN(C)CC1. The van der Waals surface area contributed by atoms with E-state index in [0.29, 0.717) is 41.6 Å². The maximum absolute atomic E-state index is 13.4. The van der Waals surface area contributed by atoms with Crippen molar-refractivity contribution in [3.63, 3.8) is 0 Å². The predicted molar refractivity (Wildman–Crippen MR) is 191 cm³/mol. The van der Waals surface area contributed by atoms with Crippen molar-refractivity contribution in [2.45, 2.75) is 45.9 Å². The number of pyridine rings is 1. The highest BCUT2D eigenvalue weighted by atomic mass is 28.3. The smallest absolute Gasteiger partial charge is 0.255 e. The van der Waals surface area contributed by atoms with Crippen LogP contribution in [0.15, 0.2) is 73.3 Å². The van der Waals surface area contributed by atoms with Crippen molar-refractivity contribution in [2.75, 3.05) is 45.2 Å². The molecule has 0 spiro atoms. The Labute approximate surface area is 283 Å². The van der Waals surface area contributed by atoms with E-state index in [2.05, 4.69) is 64.8 Å². The molecule has 0 aliphatic carbocycles. The Morgan fingerprint density at radius 1 is 0.979 bits per heavy atom. The van der Waals surface area contributed by atoms with Crippen LogP contribution in [0.25, 0.3) is 22.6 Å². The van der Waals surface area contributed by atoms with E-state index in [4.69, 9.17) is 19.4 Å². The number of nitrogens with one attached hydrogen (secondary N) is 1. The van der Waals surface area contributed by atoms with Gasteiger partial charge in [-0.3, -0.25) is 19.2 Å². The van der Waals surface area contributed by atoms with Gasteiger partial charge in [0.2, 0.25) is 0 Å². The minimum Gasteiger partial charge on any atom is -0.437 e. The second kappa shape index (κ2) is 14.7. The van der Waals surface area contributed by atoms with Crippen molar-refractivity contribution in [1.29, 1.82) is 0 Å². The lowest BCUT2D eigenvalue weighted by Crippen LogP contribution is -2.43. The summed E-state index contributed by atoms with van der Waals surface area (Å²) < 4.78 is 14.2. The number of benzene rings is 2. The fourth-order valence-electron chi connectivity index (χ4n) is 5.47. The number of likely N-dealkylation sites (N-methyl/N-ethyl adjacent to an activating group) is 1. The average molecular weight is 665 g/mol. The summed E-state index contributed by atoms with van der Waals surface area (Å²) in [6.45, 7) is 15.3. The number of carbonyl (C=O) groups is 1. The van der Waals surface area contributed by atoms with E-state index in [9.17, 15) is 4.79 Å².